The average molecular weight is 333 g/mol. The Kier molecular flexibility index (Phi) is 3.85. The maximum Gasteiger partial charge on any atom is 0.225 e. The van der Waals surface area contributed by atoms with Gasteiger partial charge in [0.2, 0.25) is 5.91 Å². The summed E-state index contributed by atoms with van der Waals surface area (Å²) in [6, 6.07) is 5.37. The normalized spacial score (nSPS) is 15.2. The number of carbonyl (C=O) groups excluding carboxylic acids is 2. The number of thiazole rings is 1. The van der Waals surface area contributed by atoms with E-state index in [-0.39, 0.29) is 11.7 Å². The van der Waals surface area contributed by atoms with Gasteiger partial charge in [0, 0.05) is 41.9 Å². The second-order valence-corrected chi connectivity index (χ2v) is 6.32. The number of hydrogen-bond acceptors (Lipinski definition) is 4. The summed E-state index contributed by atoms with van der Waals surface area (Å²) in [5, 5.41) is 3.06. The van der Waals surface area contributed by atoms with Crippen LogP contribution in [0.5, 0.6) is 0 Å². The zero-order valence-electron chi connectivity index (χ0n) is 12.1. The zero-order valence-corrected chi connectivity index (χ0v) is 13.7. The van der Waals surface area contributed by atoms with Gasteiger partial charge in [0.05, 0.1) is 5.69 Å². The average Bonchev–Trinajstić information content (AvgIpc) is 3.06. The Morgan fingerprint density at radius 2 is 2.23 bits per heavy atom. The molecular weight excluding hydrogens is 320 g/mol. The molecule has 1 aromatic heterocycles. The van der Waals surface area contributed by atoms with Crippen LogP contribution in [0.4, 0.5) is 5.13 Å². The van der Waals surface area contributed by atoms with E-state index in [0.29, 0.717) is 33.4 Å². The number of amides is 1. The fraction of sp³-hybridized carbons (Fsp3) is 0.188. The third-order valence-electron chi connectivity index (χ3n) is 3.61. The molecule has 3 rings (SSSR count). The lowest BCUT2D eigenvalue weighted by Gasteiger charge is -2.09. The molecule has 22 heavy (non-hydrogen) atoms. The molecule has 0 saturated carbocycles. The van der Waals surface area contributed by atoms with Gasteiger partial charge in [0.25, 0.3) is 0 Å². The Bertz CT molecular complexity index is 810. The molecule has 112 valence electrons. The van der Waals surface area contributed by atoms with Gasteiger partial charge in [-0.15, -0.1) is 11.3 Å². The molecule has 0 spiro atoms. The van der Waals surface area contributed by atoms with Crippen LogP contribution in [0.15, 0.2) is 29.2 Å². The van der Waals surface area contributed by atoms with Gasteiger partial charge < -0.3 is 0 Å². The van der Waals surface area contributed by atoms with Crippen molar-refractivity contribution in [3.05, 3.63) is 51.0 Å². The molecule has 1 aliphatic carbocycles. The summed E-state index contributed by atoms with van der Waals surface area (Å²) in [7, 11) is 1.68. The molecule has 0 N–H and O–H groups in total. The molecule has 1 heterocycles. The first-order valence-electron chi connectivity index (χ1n) is 6.70. The number of aromatic nitrogens is 1. The van der Waals surface area contributed by atoms with Crippen molar-refractivity contribution in [2.24, 2.45) is 0 Å². The second-order valence-electron chi connectivity index (χ2n) is 5.07. The van der Waals surface area contributed by atoms with Crippen LogP contribution in [-0.2, 0) is 11.2 Å². The van der Waals surface area contributed by atoms with E-state index >= 15 is 0 Å². The quantitative estimate of drug-likeness (QED) is 0.789. The van der Waals surface area contributed by atoms with Crippen molar-refractivity contribution in [2.45, 2.75) is 13.3 Å². The molecule has 2 aromatic rings. The van der Waals surface area contributed by atoms with Gasteiger partial charge in [0.15, 0.2) is 10.9 Å². The second kappa shape index (κ2) is 5.66. The predicted octanol–water partition coefficient (Wildman–Crippen LogP) is 3.60. The largest absolute Gasteiger partial charge is 0.291 e. The number of hydrogen-bond donors (Lipinski definition) is 0. The van der Waals surface area contributed by atoms with Crippen LogP contribution in [0.2, 0.25) is 5.02 Å². The van der Waals surface area contributed by atoms with Crippen molar-refractivity contribution < 1.29 is 9.59 Å². The van der Waals surface area contributed by atoms with E-state index < -0.39 is 0 Å². The van der Waals surface area contributed by atoms with E-state index in [0.717, 1.165) is 5.56 Å². The summed E-state index contributed by atoms with van der Waals surface area (Å²) in [6.07, 6.45) is 2.29. The van der Waals surface area contributed by atoms with Crippen molar-refractivity contribution >= 4 is 45.8 Å². The van der Waals surface area contributed by atoms with Crippen LogP contribution >= 0.6 is 22.9 Å². The van der Waals surface area contributed by atoms with E-state index in [2.05, 4.69) is 4.98 Å². The SMILES string of the molecule is CC(=O)N(C)c1nc(C=C2Cc3c(Cl)cccc3C2=O)cs1. The van der Waals surface area contributed by atoms with Crippen molar-refractivity contribution in [1.29, 1.82) is 0 Å². The highest BCUT2D eigenvalue weighted by molar-refractivity contribution is 7.14. The number of carbonyl (C=O) groups is 2. The molecule has 0 radical (unpaired) electrons. The summed E-state index contributed by atoms with van der Waals surface area (Å²) in [5.74, 6) is -0.0864. The van der Waals surface area contributed by atoms with Crippen LogP contribution in [0, 0.1) is 0 Å². The lowest BCUT2D eigenvalue weighted by Crippen LogP contribution is -2.22. The van der Waals surface area contributed by atoms with Gasteiger partial charge in [-0.1, -0.05) is 23.7 Å². The fourth-order valence-electron chi connectivity index (χ4n) is 2.32. The van der Waals surface area contributed by atoms with E-state index in [4.69, 9.17) is 11.6 Å². The van der Waals surface area contributed by atoms with Gasteiger partial charge in [-0.05, 0) is 17.7 Å². The summed E-state index contributed by atoms with van der Waals surface area (Å²) in [5.41, 5.74) is 2.89. The fourth-order valence-corrected chi connectivity index (χ4v) is 3.35. The highest BCUT2D eigenvalue weighted by atomic mass is 35.5. The van der Waals surface area contributed by atoms with Gasteiger partial charge in [0.1, 0.15) is 0 Å². The number of ketones is 1. The molecule has 0 aliphatic heterocycles. The van der Waals surface area contributed by atoms with E-state index in [9.17, 15) is 9.59 Å². The van der Waals surface area contributed by atoms with Crippen LogP contribution in [-0.4, -0.2) is 23.7 Å². The van der Waals surface area contributed by atoms with Gasteiger partial charge in [-0.2, -0.15) is 0 Å². The molecule has 0 fully saturated rings. The van der Waals surface area contributed by atoms with Crippen molar-refractivity contribution in [2.75, 3.05) is 11.9 Å². The minimum atomic E-state index is -0.0790. The molecule has 1 amide bonds. The Hall–Kier alpha value is -1.98. The highest BCUT2D eigenvalue weighted by Crippen LogP contribution is 2.33. The molecule has 0 saturated heterocycles. The maximum atomic E-state index is 12.4. The number of Topliss-reactive ketones (excluding diaryl/α,β-unsaturated/α-hetero) is 1. The minimum absolute atomic E-state index is 0.00743. The van der Waals surface area contributed by atoms with E-state index in [1.165, 1.54) is 23.2 Å². The number of fused-ring (bicyclic) bond motifs is 1. The Morgan fingerprint density at radius 1 is 1.45 bits per heavy atom. The number of allylic oxidation sites excluding steroid dienone is 1. The highest BCUT2D eigenvalue weighted by Gasteiger charge is 2.26. The predicted molar refractivity (Wildman–Crippen MR) is 88.7 cm³/mol. The number of halogens is 1. The molecule has 0 atom stereocenters. The lowest BCUT2D eigenvalue weighted by atomic mass is 10.1. The van der Waals surface area contributed by atoms with Gasteiger partial charge >= 0.3 is 0 Å². The number of benzene rings is 1. The summed E-state index contributed by atoms with van der Waals surface area (Å²) < 4.78 is 0. The molecule has 1 aromatic carbocycles. The monoisotopic (exact) mass is 332 g/mol. The molecule has 0 unspecified atom stereocenters. The number of rotatable bonds is 2. The summed E-state index contributed by atoms with van der Waals surface area (Å²) >= 11 is 7.52. The Labute approximate surface area is 137 Å². The summed E-state index contributed by atoms with van der Waals surface area (Å²) in [6.45, 7) is 1.48. The topological polar surface area (TPSA) is 50.3 Å². The zero-order chi connectivity index (χ0) is 15.9. The van der Waals surface area contributed by atoms with Crippen molar-refractivity contribution in [3.8, 4) is 0 Å². The van der Waals surface area contributed by atoms with Crippen LogP contribution < -0.4 is 4.90 Å². The van der Waals surface area contributed by atoms with Crippen LogP contribution in [0.3, 0.4) is 0 Å². The summed E-state index contributed by atoms with van der Waals surface area (Å²) in [4.78, 5) is 29.6. The first-order chi connectivity index (χ1) is 10.5. The Balaban J connectivity index is 1.90. The molecule has 6 heteroatoms. The standard InChI is InChI=1S/C16H13ClN2O2S/c1-9(20)19(2)16-18-11(8-22-16)6-10-7-13-12(15(10)21)4-3-5-14(13)17/h3-6,8H,7H2,1-2H3. The Morgan fingerprint density at radius 3 is 2.91 bits per heavy atom. The molecular formula is C16H13ClN2O2S. The first kappa shape index (κ1) is 14.9. The van der Waals surface area contributed by atoms with Gasteiger partial charge in [-0.3, -0.25) is 14.5 Å². The third-order valence-corrected chi connectivity index (χ3v) is 4.90. The van der Waals surface area contributed by atoms with Crippen molar-refractivity contribution in [1.82, 2.24) is 4.98 Å². The van der Waals surface area contributed by atoms with E-state index in [1.807, 2.05) is 5.38 Å². The molecule has 4 nitrogen and oxygen atoms in total. The van der Waals surface area contributed by atoms with Gasteiger partial charge in [-0.25, -0.2) is 4.98 Å². The van der Waals surface area contributed by atoms with E-state index in [1.54, 1.807) is 31.3 Å². The first-order valence-corrected chi connectivity index (χ1v) is 7.95. The third kappa shape index (κ3) is 2.58. The minimum Gasteiger partial charge on any atom is -0.291 e. The molecule has 1 aliphatic rings. The van der Waals surface area contributed by atoms with Crippen LogP contribution in [0.25, 0.3) is 6.08 Å². The lowest BCUT2D eigenvalue weighted by molar-refractivity contribution is -0.116. The number of anilines is 1. The smallest absolute Gasteiger partial charge is 0.225 e. The maximum absolute atomic E-state index is 12.4. The number of nitrogens with zero attached hydrogens (tertiary/aromatic N) is 2. The van der Waals surface area contributed by atoms with Crippen molar-refractivity contribution in [3.63, 3.8) is 0 Å². The van der Waals surface area contributed by atoms with Crippen LogP contribution in [0.1, 0.15) is 28.5 Å². The molecule has 0 bridgehead atoms.